The van der Waals surface area contributed by atoms with Crippen LogP contribution in [0, 0.1) is 12.8 Å². The summed E-state index contributed by atoms with van der Waals surface area (Å²) in [5.41, 5.74) is 1.82. The van der Waals surface area contributed by atoms with Crippen molar-refractivity contribution in [1.29, 1.82) is 0 Å². The molecule has 0 saturated heterocycles. The Morgan fingerprint density at radius 2 is 2.00 bits per heavy atom. The highest BCUT2D eigenvalue weighted by Gasteiger charge is 2.23. The predicted molar refractivity (Wildman–Crippen MR) is 91.2 cm³/mol. The number of benzene rings is 1. The van der Waals surface area contributed by atoms with Crippen molar-refractivity contribution in [2.75, 3.05) is 0 Å². The molecule has 2 rings (SSSR count). The average Bonchev–Trinajstić information content (AvgIpc) is 2.93. The SMILES string of the molecule is Cc1ccccc1CS(=O)(=O)NC(CC(C)C)c1nccs1. The van der Waals surface area contributed by atoms with E-state index in [2.05, 4.69) is 23.6 Å². The topological polar surface area (TPSA) is 59.1 Å². The summed E-state index contributed by atoms with van der Waals surface area (Å²) in [6.07, 6.45) is 2.45. The van der Waals surface area contributed by atoms with Gasteiger partial charge in [0.05, 0.1) is 11.8 Å². The molecular formula is C16H22N2O2S2. The summed E-state index contributed by atoms with van der Waals surface area (Å²) >= 11 is 1.49. The van der Waals surface area contributed by atoms with E-state index in [-0.39, 0.29) is 11.8 Å². The van der Waals surface area contributed by atoms with Gasteiger partial charge in [-0.3, -0.25) is 0 Å². The fourth-order valence-corrected chi connectivity index (χ4v) is 4.55. The first-order valence-electron chi connectivity index (χ1n) is 7.31. The Balaban J connectivity index is 2.16. The van der Waals surface area contributed by atoms with Crippen LogP contribution in [0.25, 0.3) is 0 Å². The van der Waals surface area contributed by atoms with E-state index in [1.165, 1.54) is 11.3 Å². The van der Waals surface area contributed by atoms with E-state index in [1.807, 2.05) is 36.6 Å². The van der Waals surface area contributed by atoms with Gasteiger partial charge < -0.3 is 0 Å². The van der Waals surface area contributed by atoms with Crippen molar-refractivity contribution in [3.63, 3.8) is 0 Å². The van der Waals surface area contributed by atoms with E-state index in [9.17, 15) is 8.42 Å². The van der Waals surface area contributed by atoms with Crippen LogP contribution in [0.15, 0.2) is 35.8 Å². The van der Waals surface area contributed by atoms with Crippen molar-refractivity contribution >= 4 is 21.4 Å². The Morgan fingerprint density at radius 3 is 2.59 bits per heavy atom. The number of hydrogen-bond donors (Lipinski definition) is 1. The first-order chi connectivity index (χ1) is 10.4. The van der Waals surface area contributed by atoms with E-state index in [0.717, 1.165) is 22.6 Å². The maximum absolute atomic E-state index is 12.5. The van der Waals surface area contributed by atoms with Gasteiger partial charge in [0.25, 0.3) is 0 Å². The van der Waals surface area contributed by atoms with Gasteiger partial charge in [-0.1, -0.05) is 38.1 Å². The summed E-state index contributed by atoms with van der Waals surface area (Å²) in [6, 6.07) is 7.31. The number of rotatable bonds is 7. The molecule has 4 nitrogen and oxygen atoms in total. The van der Waals surface area contributed by atoms with Gasteiger partial charge in [0.2, 0.25) is 10.0 Å². The zero-order valence-electron chi connectivity index (χ0n) is 13.1. The van der Waals surface area contributed by atoms with Crippen molar-refractivity contribution in [2.45, 2.75) is 39.0 Å². The molecule has 0 aliphatic rings. The van der Waals surface area contributed by atoms with Crippen LogP contribution in [-0.4, -0.2) is 13.4 Å². The Kier molecular flexibility index (Phi) is 5.72. The average molecular weight is 338 g/mol. The van der Waals surface area contributed by atoms with Crippen LogP contribution in [0.1, 0.15) is 42.4 Å². The maximum Gasteiger partial charge on any atom is 0.216 e. The summed E-state index contributed by atoms with van der Waals surface area (Å²) in [5.74, 6) is 0.384. The quantitative estimate of drug-likeness (QED) is 0.838. The molecule has 0 fully saturated rings. The van der Waals surface area contributed by atoms with Crippen molar-refractivity contribution in [1.82, 2.24) is 9.71 Å². The zero-order valence-corrected chi connectivity index (χ0v) is 14.7. The monoisotopic (exact) mass is 338 g/mol. The summed E-state index contributed by atoms with van der Waals surface area (Å²) in [5, 5.41) is 2.69. The van der Waals surface area contributed by atoms with Crippen LogP contribution >= 0.6 is 11.3 Å². The highest BCUT2D eigenvalue weighted by atomic mass is 32.2. The molecule has 0 aliphatic carbocycles. The molecule has 0 amide bonds. The van der Waals surface area contributed by atoms with Gasteiger partial charge in [-0.15, -0.1) is 11.3 Å². The van der Waals surface area contributed by atoms with Crippen molar-refractivity contribution in [2.24, 2.45) is 5.92 Å². The molecule has 0 aliphatic heterocycles. The number of sulfonamides is 1. The lowest BCUT2D eigenvalue weighted by molar-refractivity contribution is 0.470. The molecule has 0 bridgehead atoms. The van der Waals surface area contributed by atoms with Gasteiger partial charge in [-0.25, -0.2) is 18.1 Å². The molecule has 1 unspecified atom stereocenters. The first kappa shape index (κ1) is 17.1. The molecule has 2 aromatic rings. The molecule has 1 atom stereocenters. The van der Waals surface area contributed by atoms with Crippen molar-refractivity contribution in [3.05, 3.63) is 52.0 Å². The Labute approximate surface area is 136 Å². The Morgan fingerprint density at radius 1 is 1.27 bits per heavy atom. The van der Waals surface area contributed by atoms with Crippen LogP contribution in [-0.2, 0) is 15.8 Å². The molecule has 0 radical (unpaired) electrons. The second-order valence-electron chi connectivity index (χ2n) is 5.86. The minimum Gasteiger partial charge on any atom is -0.248 e. The lowest BCUT2D eigenvalue weighted by Crippen LogP contribution is -2.30. The largest absolute Gasteiger partial charge is 0.248 e. The summed E-state index contributed by atoms with van der Waals surface area (Å²) in [6.45, 7) is 6.09. The minimum absolute atomic E-state index is 0.000353. The van der Waals surface area contributed by atoms with Crippen LogP contribution in [0.5, 0.6) is 0 Å². The van der Waals surface area contributed by atoms with Crippen LogP contribution in [0.4, 0.5) is 0 Å². The van der Waals surface area contributed by atoms with Gasteiger partial charge in [0.1, 0.15) is 5.01 Å². The predicted octanol–water partition coefficient (Wildman–Crippen LogP) is 3.66. The number of aromatic nitrogens is 1. The third kappa shape index (κ3) is 4.90. The standard InChI is InChI=1S/C16H22N2O2S2/c1-12(2)10-15(16-17-8-9-21-16)18-22(19,20)11-14-7-5-4-6-13(14)3/h4-9,12,15,18H,10-11H2,1-3H3. The third-order valence-electron chi connectivity index (χ3n) is 3.39. The van der Waals surface area contributed by atoms with E-state index in [4.69, 9.17) is 0 Å². The second-order valence-corrected chi connectivity index (χ2v) is 8.54. The molecule has 0 spiro atoms. The molecule has 6 heteroatoms. The second kappa shape index (κ2) is 7.35. The highest BCUT2D eigenvalue weighted by Crippen LogP contribution is 2.24. The Hall–Kier alpha value is -1.24. The summed E-state index contributed by atoms with van der Waals surface area (Å²) in [7, 11) is -3.41. The zero-order chi connectivity index (χ0) is 16.2. The summed E-state index contributed by atoms with van der Waals surface area (Å²) < 4.78 is 27.8. The molecule has 0 saturated carbocycles. The third-order valence-corrected chi connectivity index (χ3v) is 5.61. The normalized spacial score (nSPS) is 13.5. The molecule has 1 aromatic carbocycles. The number of thiazole rings is 1. The number of nitrogens with one attached hydrogen (secondary N) is 1. The highest BCUT2D eigenvalue weighted by molar-refractivity contribution is 7.88. The van der Waals surface area contributed by atoms with Crippen LogP contribution in [0.3, 0.4) is 0 Å². The molecular weight excluding hydrogens is 316 g/mol. The molecule has 22 heavy (non-hydrogen) atoms. The van der Waals surface area contributed by atoms with E-state index >= 15 is 0 Å². The van der Waals surface area contributed by atoms with E-state index in [1.54, 1.807) is 6.20 Å². The number of hydrogen-bond acceptors (Lipinski definition) is 4. The van der Waals surface area contributed by atoms with Crippen molar-refractivity contribution < 1.29 is 8.42 Å². The fraction of sp³-hybridized carbons (Fsp3) is 0.438. The van der Waals surface area contributed by atoms with Crippen LogP contribution < -0.4 is 4.72 Å². The van der Waals surface area contributed by atoms with Gasteiger partial charge in [0, 0.05) is 11.6 Å². The Bertz CT molecular complexity index is 695. The maximum atomic E-state index is 12.5. The van der Waals surface area contributed by atoms with Gasteiger partial charge in [0.15, 0.2) is 0 Å². The van der Waals surface area contributed by atoms with Gasteiger partial charge in [-0.05, 0) is 30.4 Å². The molecule has 1 heterocycles. The lowest BCUT2D eigenvalue weighted by atomic mass is 10.1. The fourth-order valence-electron chi connectivity index (χ4n) is 2.31. The van der Waals surface area contributed by atoms with E-state index < -0.39 is 10.0 Å². The van der Waals surface area contributed by atoms with Gasteiger partial charge >= 0.3 is 0 Å². The summed E-state index contributed by atoms with van der Waals surface area (Å²) in [4.78, 5) is 4.27. The van der Waals surface area contributed by atoms with Crippen LogP contribution in [0.2, 0.25) is 0 Å². The minimum atomic E-state index is -3.41. The lowest BCUT2D eigenvalue weighted by Gasteiger charge is -2.19. The molecule has 1 N–H and O–H groups in total. The first-order valence-corrected chi connectivity index (χ1v) is 9.84. The van der Waals surface area contributed by atoms with Crippen molar-refractivity contribution in [3.8, 4) is 0 Å². The van der Waals surface area contributed by atoms with E-state index in [0.29, 0.717) is 5.92 Å². The smallest absolute Gasteiger partial charge is 0.216 e. The molecule has 1 aromatic heterocycles. The molecule has 120 valence electrons. The number of aryl methyl sites for hydroxylation is 1. The van der Waals surface area contributed by atoms with Gasteiger partial charge in [-0.2, -0.15) is 0 Å². The number of nitrogens with zero attached hydrogens (tertiary/aromatic N) is 1.